The van der Waals surface area contributed by atoms with E-state index in [2.05, 4.69) is 45.1 Å². The van der Waals surface area contributed by atoms with Gasteiger partial charge < -0.3 is 0 Å². The molecule has 4 rings (SSSR count). The van der Waals surface area contributed by atoms with Crippen LogP contribution in [0.2, 0.25) is 0 Å². The molecule has 1 fully saturated rings. The molecule has 1 heterocycles. The Bertz CT molecular complexity index is 936. The Kier molecular flexibility index (Phi) is 5.55. The number of para-hydroxylation sites is 1. The second kappa shape index (κ2) is 8.41. The van der Waals surface area contributed by atoms with E-state index in [-0.39, 0.29) is 0 Å². The summed E-state index contributed by atoms with van der Waals surface area (Å²) in [6.45, 7) is 0. The minimum Gasteiger partial charge on any atom is -0.274 e. The maximum Gasteiger partial charge on any atom is 0.196 e. The van der Waals surface area contributed by atoms with Gasteiger partial charge in [0.2, 0.25) is 0 Å². The van der Waals surface area contributed by atoms with Crippen LogP contribution in [0.15, 0.2) is 59.8 Å². The zero-order chi connectivity index (χ0) is 18.5. The van der Waals surface area contributed by atoms with Crippen LogP contribution >= 0.6 is 11.8 Å². The number of benzene rings is 2. The normalized spacial score (nSPS) is 14.8. The van der Waals surface area contributed by atoms with Gasteiger partial charge in [-0.05, 0) is 36.6 Å². The first-order valence-electron chi connectivity index (χ1n) is 9.48. The van der Waals surface area contributed by atoms with Gasteiger partial charge in [0.05, 0.1) is 11.6 Å². The molecule has 0 radical (unpaired) electrons. The zero-order valence-electron chi connectivity index (χ0n) is 15.2. The van der Waals surface area contributed by atoms with Crippen LogP contribution in [-0.4, -0.2) is 14.8 Å². The van der Waals surface area contributed by atoms with Crippen molar-refractivity contribution >= 4 is 11.8 Å². The van der Waals surface area contributed by atoms with Crippen LogP contribution in [0.25, 0.3) is 5.69 Å². The maximum absolute atomic E-state index is 9.33. The molecule has 1 aliphatic rings. The first-order valence-corrected chi connectivity index (χ1v) is 10.5. The van der Waals surface area contributed by atoms with Crippen LogP contribution in [0, 0.1) is 11.3 Å². The smallest absolute Gasteiger partial charge is 0.196 e. The highest BCUT2D eigenvalue weighted by atomic mass is 32.2. The molecule has 0 aliphatic heterocycles. The molecule has 3 aromatic rings. The monoisotopic (exact) mass is 374 g/mol. The number of hydrogen-bond acceptors (Lipinski definition) is 4. The standard InChI is InChI=1S/C22H22N4S/c23-15-18-11-7-8-12-19(18)16-27-22-25-24-21(17-9-3-1-4-10-17)26(22)20-13-5-2-6-14-20/h2,5-8,11-14,17H,1,3-4,9-10,16H2. The number of thioether (sulfide) groups is 1. The molecule has 0 N–H and O–H groups in total. The summed E-state index contributed by atoms with van der Waals surface area (Å²) in [6.07, 6.45) is 6.23. The molecule has 0 atom stereocenters. The maximum atomic E-state index is 9.33. The lowest BCUT2D eigenvalue weighted by Crippen LogP contribution is -2.11. The summed E-state index contributed by atoms with van der Waals surface area (Å²) in [7, 11) is 0. The van der Waals surface area contributed by atoms with Crippen molar-refractivity contribution in [3.8, 4) is 11.8 Å². The van der Waals surface area contributed by atoms with E-state index in [1.807, 2.05) is 30.3 Å². The fourth-order valence-electron chi connectivity index (χ4n) is 3.72. The average Bonchev–Trinajstić information content (AvgIpc) is 3.17. The van der Waals surface area contributed by atoms with Crippen LogP contribution in [0.1, 0.15) is 55.0 Å². The summed E-state index contributed by atoms with van der Waals surface area (Å²) < 4.78 is 2.22. The molecular formula is C22H22N4S. The molecule has 5 heteroatoms. The predicted molar refractivity (Wildman–Crippen MR) is 108 cm³/mol. The van der Waals surface area contributed by atoms with E-state index in [1.165, 1.54) is 32.1 Å². The molecular weight excluding hydrogens is 352 g/mol. The number of hydrogen-bond donors (Lipinski definition) is 0. The van der Waals surface area contributed by atoms with Crippen molar-refractivity contribution in [2.24, 2.45) is 0 Å². The molecule has 0 spiro atoms. The van der Waals surface area contributed by atoms with Crippen molar-refractivity contribution in [1.82, 2.24) is 14.8 Å². The van der Waals surface area contributed by atoms with Crippen molar-refractivity contribution in [2.45, 2.75) is 48.9 Å². The van der Waals surface area contributed by atoms with Gasteiger partial charge in [0.15, 0.2) is 5.16 Å². The van der Waals surface area contributed by atoms with Crippen LogP contribution in [0.4, 0.5) is 0 Å². The Balaban J connectivity index is 1.66. The first-order chi connectivity index (χ1) is 13.4. The summed E-state index contributed by atoms with van der Waals surface area (Å²) in [5, 5.41) is 19.4. The predicted octanol–water partition coefficient (Wildman–Crippen LogP) is 5.48. The highest BCUT2D eigenvalue weighted by Gasteiger charge is 2.24. The fourth-order valence-corrected chi connectivity index (χ4v) is 4.68. The van der Waals surface area contributed by atoms with Crippen LogP contribution in [0.5, 0.6) is 0 Å². The van der Waals surface area contributed by atoms with E-state index >= 15 is 0 Å². The molecule has 4 nitrogen and oxygen atoms in total. The number of nitriles is 1. The molecule has 2 aromatic carbocycles. The molecule has 1 saturated carbocycles. The summed E-state index contributed by atoms with van der Waals surface area (Å²) in [5.74, 6) is 2.27. The fraction of sp³-hybridized carbons (Fsp3) is 0.318. The SMILES string of the molecule is N#Cc1ccccc1CSc1nnc(C2CCCCC2)n1-c1ccccc1. The molecule has 1 aliphatic carbocycles. The Hall–Kier alpha value is -2.58. The third-order valence-corrected chi connectivity index (χ3v) is 6.12. The average molecular weight is 375 g/mol. The van der Waals surface area contributed by atoms with Crippen LogP contribution in [-0.2, 0) is 5.75 Å². The minimum atomic E-state index is 0.479. The molecule has 0 saturated heterocycles. The lowest BCUT2D eigenvalue weighted by Gasteiger charge is -2.22. The Morgan fingerprint density at radius 3 is 2.48 bits per heavy atom. The van der Waals surface area contributed by atoms with Gasteiger partial charge >= 0.3 is 0 Å². The van der Waals surface area contributed by atoms with E-state index in [4.69, 9.17) is 0 Å². The van der Waals surface area contributed by atoms with Gasteiger partial charge in [-0.25, -0.2) is 0 Å². The highest BCUT2D eigenvalue weighted by Crippen LogP contribution is 2.35. The van der Waals surface area contributed by atoms with Gasteiger partial charge in [0.1, 0.15) is 5.82 Å². The number of aromatic nitrogens is 3. The molecule has 136 valence electrons. The summed E-state index contributed by atoms with van der Waals surface area (Å²) >= 11 is 1.65. The van der Waals surface area contributed by atoms with Crippen LogP contribution in [0.3, 0.4) is 0 Å². The number of nitrogens with zero attached hydrogens (tertiary/aromatic N) is 4. The lowest BCUT2D eigenvalue weighted by molar-refractivity contribution is 0.423. The summed E-state index contributed by atoms with van der Waals surface area (Å²) in [6, 6.07) is 20.4. The quantitative estimate of drug-likeness (QED) is 0.555. The molecule has 0 unspecified atom stereocenters. The molecule has 27 heavy (non-hydrogen) atoms. The van der Waals surface area contributed by atoms with Crippen molar-refractivity contribution < 1.29 is 0 Å². The van der Waals surface area contributed by atoms with Gasteiger partial charge in [-0.2, -0.15) is 5.26 Å². The van der Waals surface area contributed by atoms with E-state index in [0.717, 1.165) is 27.8 Å². The summed E-state index contributed by atoms with van der Waals surface area (Å²) in [5.41, 5.74) is 2.87. The van der Waals surface area contributed by atoms with E-state index in [0.29, 0.717) is 11.7 Å². The molecule has 0 amide bonds. The highest BCUT2D eigenvalue weighted by molar-refractivity contribution is 7.98. The Morgan fingerprint density at radius 2 is 1.70 bits per heavy atom. The van der Waals surface area contributed by atoms with E-state index in [1.54, 1.807) is 11.8 Å². The van der Waals surface area contributed by atoms with Crippen molar-refractivity contribution in [1.29, 1.82) is 5.26 Å². The minimum absolute atomic E-state index is 0.479. The van der Waals surface area contributed by atoms with Crippen molar-refractivity contribution in [3.63, 3.8) is 0 Å². The van der Waals surface area contributed by atoms with Gasteiger partial charge in [0, 0.05) is 17.4 Å². The molecule has 1 aromatic heterocycles. The second-order valence-electron chi connectivity index (χ2n) is 6.90. The largest absolute Gasteiger partial charge is 0.274 e. The van der Waals surface area contributed by atoms with Gasteiger partial charge in [0.25, 0.3) is 0 Å². The van der Waals surface area contributed by atoms with Crippen molar-refractivity contribution in [3.05, 3.63) is 71.5 Å². The van der Waals surface area contributed by atoms with Gasteiger partial charge in [-0.15, -0.1) is 10.2 Å². The number of rotatable bonds is 5. The zero-order valence-corrected chi connectivity index (χ0v) is 16.0. The third-order valence-electron chi connectivity index (χ3n) is 5.14. The van der Waals surface area contributed by atoms with E-state index < -0.39 is 0 Å². The summed E-state index contributed by atoms with van der Waals surface area (Å²) in [4.78, 5) is 0. The van der Waals surface area contributed by atoms with Gasteiger partial charge in [-0.1, -0.05) is 67.4 Å². The van der Waals surface area contributed by atoms with Crippen molar-refractivity contribution in [2.75, 3.05) is 0 Å². The molecule has 0 bridgehead atoms. The second-order valence-corrected chi connectivity index (χ2v) is 7.85. The third kappa shape index (κ3) is 3.91. The first kappa shape index (κ1) is 17.8. The van der Waals surface area contributed by atoms with Gasteiger partial charge in [-0.3, -0.25) is 4.57 Å². The van der Waals surface area contributed by atoms with E-state index in [9.17, 15) is 5.26 Å². The Morgan fingerprint density at radius 1 is 0.963 bits per heavy atom. The topological polar surface area (TPSA) is 54.5 Å². The lowest BCUT2D eigenvalue weighted by atomic mass is 9.88. The van der Waals surface area contributed by atoms with Crippen LogP contribution < -0.4 is 0 Å². The Labute approximate surface area is 164 Å².